The molecule has 1 aliphatic heterocycles. The lowest BCUT2D eigenvalue weighted by atomic mass is 10.2. The van der Waals surface area contributed by atoms with Crippen LogP contribution in [0.2, 0.25) is 0 Å². The van der Waals surface area contributed by atoms with Crippen LogP contribution in [-0.2, 0) is 5.75 Å². The monoisotopic (exact) mass is 601 g/mol. The third-order valence-electron chi connectivity index (χ3n) is 6.81. The van der Waals surface area contributed by atoms with E-state index < -0.39 is 0 Å². The molecule has 9 nitrogen and oxygen atoms in total. The Kier molecular flexibility index (Phi) is 8.42. The Morgan fingerprint density at radius 1 is 1.00 bits per heavy atom. The molecule has 6 rings (SSSR count). The topological polar surface area (TPSA) is 89.3 Å². The minimum Gasteiger partial charge on any atom is -0.492 e. The summed E-state index contributed by atoms with van der Waals surface area (Å²) in [5, 5.41) is 11.8. The quantitative estimate of drug-likeness (QED) is 0.203. The lowest BCUT2D eigenvalue weighted by Gasteiger charge is -2.36. The Morgan fingerprint density at radius 2 is 1.79 bits per heavy atom. The van der Waals surface area contributed by atoms with E-state index in [1.165, 1.54) is 29.2 Å². The van der Waals surface area contributed by atoms with Crippen LogP contribution in [0.3, 0.4) is 0 Å². The van der Waals surface area contributed by atoms with Crippen molar-refractivity contribution >= 4 is 34.7 Å². The second-order valence-corrected chi connectivity index (χ2v) is 11.3. The molecule has 1 fully saturated rings. The number of hydrogen-bond acceptors (Lipinski definition) is 9. The third kappa shape index (κ3) is 5.86. The number of para-hydroxylation sites is 3. The lowest BCUT2D eigenvalue weighted by Crippen LogP contribution is -2.49. The number of aromatic nitrogens is 5. The van der Waals surface area contributed by atoms with E-state index in [0.29, 0.717) is 60.9 Å². The number of amides is 1. The number of carbonyl (C=O) groups is 1. The maximum absolute atomic E-state index is 14.9. The highest BCUT2D eigenvalue weighted by Gasteiger charge is 2.26. The lowest BCUT2D eigenvalue weighted by molar-refractivity contribution is 0.0741. The Balaban J connectivity index is 1.13. The first-order chi connectivity index (χ1) is 20.6. The molecule has 0 bridgehead atoms. The average molecular weight is 602 g/mol. The van der Waals surface area contributed by atoms with Gasteiger partial charge in [-0.25, -0.2) is 9.37 Å². The number of hydrogen-bond donors (Lipinski definition) is 0. The molecule has 0 unspecified atom stereocenters. The van der Waals surface area contributed by atoms with Gasteiger partial charge in [0.05, 0.1) is 23.7 Å². The first-order valence-corrected chi connectivity index (χ1v) is 15.4. The molecular weight excluding hydrogens is 574 g/mol. The number of anilines is 1. The third-order valence-corrected chi connectivity index (χ3v) is 8.79. The maximum Gasteiger partial charge on any atom is 0.273 e. The van der Waals surface area contributed by atoms with E-state index in [2.05, 4.69) is 31.1 Å². The molecule has 3 aromatic heterocycles. The molecule has 1 aliphatic rings. The van der Waals surface area contributed by atoms with Crippen LogP contribution in [0.25, 0.3) is 17.1 Å². The standard InChI is InChI=1S/C30H28FN7O2S2/c1-2-40-26-12-6-5-11-25(26)36-14-16-37(17-15-36)29(39)23-19-41-27(33-23)20-42-30-35-34-28(21-8-7-13-32-18-21)38(30)24-10-4-3-9-22(24)31/h3-13,18-19H,2,14-17,20H2,1H3. The van der Waals surface area contributed by atoms with Crippen LogP contribution in [0.5, 0.6) is 5.75 Å². The minimum atomic E-state index is -0.382. The predicted octanol–water partition coefficient (Wildman–Crippen LogP) is 5.58. The summed E-state index contributed by atoms with van der Waals surface area (Å²) < 4.78 is 22.4. The average Bonchev–Trinajstić information content (AvgIpc) is 3.68. The molecular formula is C30H28FN7O2S2. The van der Waals surface area contributed by atoms with Gasteiger partial charge in [0.2, 0.25) is 0 Å². The minimum absolute atomic E-state index is 0.0753. The number of pyridine rings is 1. The highest BCUT2D eigenvalue weighted by atomic mass is 32.2. The number of rotatable bonds is 9. The molecule has 0 atom stereocenters. The first kappa shape index (κ1) is 27.9. The normalized spacial score (nSPS) is 13.4. The summed E-state index contributed by atoms with van der Waals surface area (Å²) in [5.74, 6) is 1.36. The van der Waals surface area contributed by atoms with E-state index in [9.17, 15) is 9.18 Å². The fraction of sp³-hybridized carbons (Fsp3) is 0.233. The Hall–Kier alpha value is -4.29. The van der Waals surface area contributed by atoms with Gasteiger partial charge in [-0.2, -0.15) is 0 Å². The van der Waals surface area contributed by atoms with E-state index >= 15 is 0 Å². The smallest absolute Gasteiger partial charge is 0.273 e. The molecule has 1 amide bonds. The number of piperazine rings is 1. The van der Waals surface area contributed by atoms with E-state index in [1.54, 1.807) is 46.6 Å². The van der Waals surface area contributed by atoms with Crippen LogP contribution in [0, 0.1) is 5.82 Å². The van der Waals surface area contributed by atoms with Crippen molar-refractivity contribution in [2.24, 2.45) is 0 Å². The van der Waals surface area contributed by atoms with Gasteiger partial charge in [-0.05, 0) is 43.3 Å². The fourth-order valence-electron chi connectivity index (χ4n) is 4.81. The predicted molar refractivity (Wildman–Crippen MR) is 162 cm³/mol. The summed E-state index contributed by atoms with van der Waals surface area (Å²) in [6, 6.07) is 18.2. The van der Waals surface area contributed by atoms with Crippen molar-refractivity contribution in [2.45, 2.75) is 17.8 Å². The van der Waals surface area contributed by atoms with E-state index in [0.717, 1.165) is 22.0 Å². The van der Waals surface area contributed by atoms with Crippen LogP contribution in [0.4, 0.5) is 10.1 Å². The first-order valence-electron chi connectivity index (χ1n) is 13.6. The highest BCUT2D eigenvalue weighted by Crippen LogP contribution is 2.32. The Bertz CT molecular complexity index is 1670. The van der Waals surface area contributed by atoms with Gasteiger partial charge in [0.25, 0.3) is 5.91 Å². The molecule has 0 radical (unpaired) electrons. The number of halogens is 1. The van der Waals surface area contributed by atoms with Crippen molar-refractivity contribution in [1.82, 2.24) is 29.6 Å². The van der Waals surface area contributed by atoms with Crippen molar-refractivity contribution in [3.8, 4) is 22.8 Å². The van der Waals surface area contributed by atoms with E-state index in [-0.39, 0.29) is 11.7 Å². The Labute approximate surface area is 251 Å². The number of thioether (sulfide) groups is 1. The van der Waals surface area contributed by atoms with Crippen molar-refractivity contribution in [2.75, 3.05) is 37.7 Å². The molecule has 214 valence electrons. The molecule has 5 aromatic rings. The van der Waals surface area contributed by atoms with Crippen LogP contribution < -0.4 is 9.64 Å². The van der Waals surface area contributed by atoms with Gasteiger partial charge in [0, 0.05) is 49.5 Å². The number of thiazole rings is 1. The number of benzene rings is 2. The van der Waals surface area contributed by atoms with Gasteiger partial charge in [0.15, 0.2) is 11.0 Å². The molecule has 1 saturated heterocycles. The number of nitrogens with zero attached hydrogens (tertiary/aromatic N) is 7. The van der Waals surface area contributed by atoms with E-state index in [1.807, 2.05) is 36.1 Å². The molecule has 0 saturated carbocycles. The van der Waals surface area contributed by atoms with Crippen LogP contribution >= 0.6 is 23.1 Å². The zero-order chi connectivity index (χ0) is 28.9. The second kappa shape index (κ2) is 12.7. The molecule has 12 heteroatoms. The van der Waals surface area contributed by atoms with Crippen LogP contribution in [0.1, 0.15) is 22.4 Å². The van der Waals surface area contributed by atoms with Gasteiger partial charge in [-0.3, -0.25) is 14.3 Å². The van der Waals surface area contributed by atoms with Gasteiger partial charge >= 0.3 is 0 Å². The zero-order valence-corrected chi connectivity index (χ0v) is 24.5. The maximum atomic E-state index is 14.9. The van der Waals surface area contributed by atoms with Gasteiger partial charge < -0.3 is 14.5 Å². The molecule has 2 aromatic carbocycles. The fourth-order valence-corrected chi connectivity index (χ4v) is 6.54. The van der Waals surface area contributed by atoms with Crippen molar-refractivity contribution < 1.29 is 13.9 Å². The summed E-state index contributed by atoms with van der Waals surface area (Å²) in [5.41, 5.74) is 2.56. The summed E-state index contributed by atoms with van der Waals surface area (Å²) in [6.45, 7) is 5.21. The van der Waals surface area contributed by atoms with Crippen molar-refractivity contribution in [3.05, 3.63) is 95.0 Å². The summed E-state index contributed by atoms with van der Waals surface area (Å²) in [6.07, 6.45) is 3.35. The molecule has 4 heterocycles. The number of ether oxygens (including phenoxy) is 1. The SMILES string of the molecule is CCOc1ccccc1N1CCN(C(=O)c2csc(CSc3nnc(-c4cccnc4)n3-c3ccccc3F)n2)CC1. The summed E-state index contributed by atoms with van der Waals surface area (Å²) >= 11 is 2.82. The van der Waals surface area contributed by atoms with Gasteiger partial charge in [-0.1, -0.05) is 36.0 Å². The van der Waals surface area contributed by atoms with Gasteiger partial charge in [0.1, 0.15) is 22.3 Å². The molecule has 0 aliphatic carbocycles. The molecule has 42 heavy (non-hydrogen) atoms. The molecule has 0 spiro atoms. The second-order valence-electron chi connectivity index (χ2n) is 9.43. The van der Waals surface area contributed by atoms with Crippen molar-refractivity contribution in [1.29, 1.82) is 0 Å². The highest BCUT2D eigenvalue weighted by molar-refractivity contribution is 7.98. The van der Waals surface area contributed by atoms with E-state index in [4.69, 9.17) is 4.74 Å². The summed E-state index contributed by atoms with van der Waals surface area (Å²) in [4.78, 5) is 26.2. The zero-order valence-electron chi connectivity index (χ0n) is 22.9. The largest absolute Gasteiger partial charge is 0.492 e. The Morgan fingerprint density at radius 3 is 2.55 bits per heavy atom. The number of carbonyl (C=O) groups excluding carboxylic acids is 1. The van der Waals surface area contributed by atoms with Gasteiger partial charge in [-0.15, -0.1) is 21.5 Å². The molecule has 0 N–H and O–H groups in total. The van der Waals surface area contributed by atoms with Crippen LogP contribution in [0.15, 0.2) is 83.6 Å². The van der Waals surface area contributed by atoms with Crippen molar-refractivity contribution in [3.63, 3.8) is 0 Å². The van der Waals surface area contributed by atoms with Crippen LogP contribution in [-0.4, -0.2) is 68.3 Å². The summed E-state index contributed by atoms with van der Waals surface area (Å²) in [7, 11) is 0.